The Bertz CT molecular complexity index is 402. The summed E-state index contributed by atoms with van der Waals surface area (Å²) in [5.74, 6) is 0.185. The minimum Gasteiger partial charge on any atom is -0.435 e. The molecular formula is C13H19ClF2N2O2. The highest BCUT2D eigenvalue weighted by Crippen LogP contribution is 2.15. The van der Waals surface area contributed by atoms with Crippen molar-refractivity contribution in [2.24, 2.45) is 11.7 Å². The van der Waals surface area contributed by atoms with Crippen molar-refractivity contribution in [2.45, 2.75) is 20.0 Å². The number of carbonyl (C=O) groups is 1. The Morgan fingerprint density at radius 3 is 2.45 bits per heavy atom. The molecule has 0 heterocycles. The molecule has 7 heteroatoms. The predicted molar refractivity (Wildman–Crippen MR) is 75.3 cm³/mol. The van der Waals surface area contributed by atoms with Crippen molar-refractivity contribution in [2.75, 3.05) is 13.1 Å². The Labute approximate surface area is 123 Å². The fourth-order valence-corrected chi connectivity index (χ4v) is 1.41. The number of carbonyl (C=O) groups excluding carboxylic acids is 1. The summed E-state index contributed by atoms with van der Waals surface area (Å²) >= 11 is 0. The van der Waals surface area contributed by atoms with E-state index in [4.69, 9.17) is 5.73 Å². The normalized spacial score (nSPS) is 11.7. The molecule has 20 heavy (non-hydrogen) atoms. The first-order valence-corrected chi connectivity index (χ1v) is 6.01. The summed E-state index contributed by atoms with van der Waals surface area (Å²) in [6, 6.07) is 6.00. The van der Waals surface area contributed by atoms with E-state index >= 15 is 0 Å². The smallest absolute Gasteiger partial charge is 0.387 e. The van der Waals surface area contributed by atoms with Crippen molar-refractivity contribution >= 4 is 18.3 Å². The Morgan fingerprint density at radius 1 is 1.35 bits per heavy atom. The second-order valence-electron chi connectivity index (χ2n) is 4.34. The molecule has 1 rings (SSSR count). The molecule has 0 spiro atoms. The lowest BCUT2D eigenvalue weighted by Gasteiger charge is -2.10. The molecule has 0 aliphatic heterocycles. The van der Waals surface area contributed by atoms with Crippen molar-refractivity contribution < 1.29 is 18.3 Å². The van der Waals surface area contributed by atoms with Crippen LogP contribution >= 0.6 is 12.4 Å². The zero-order valence-corrected chi connectivity index (χ0v) is 12.0. The number of hydrogen-bond acceptors (Lipinski definition) is 3. The third kappa shape index (κ3) is 7.25. The molecule has 1 unspecified atom stereocenters. The fourth-order valence-electron chi connectivity index (χ4n) is 1.41. The summed E-state index contributed by atoms with van der Waals surface area (Å²) in [4.78, 5) is 11.6. The maximum absolute atomic E-state index is 11.9. The van der Waals surface area contributed by atoms with Gasteiger partial charge >= 0.3 is 6.61 Å². The summed E-state index contributed by atoms with van der Waals surface area (Å²) in [7, 11) is 0. The summed E-state index contributed by atoms with van der Waals surface area (Å²) < 4.78 is 28.1. The number of benzene rings is 1. The number of halogens is 3. The van der Waals surface area contributed by atoms with Crippen molar-refractivity contribution in [1.82, 2.24) is 5.32 Å². The van der Waals surface area contributed by atoms with Crippen LogP contribution in [0.3, 0.4) is 0 Å². The summed E-state index contributed by atoms with van der Waals surface area (Å²) in [6.07, 6.45) is 0.201. The van der Waals surface area contributed by atoms with Gasteiger partial charge < -0.3 is 15.8 Å². The van der Waals surface area contributed by atoms with E-state index in [1.165, 1.54) is 12.1 Å². The lowest BCUT2D eigenvalue weighted by atomic mass is 10.1. The highest BCUT2D eigenvalue weighted by molar-refractivity contribution is 5.85. The lowest BCUT2D eigenvalue weighted by molar-refractivity contribution is -0.120. The molecule has 3 N–H and O–H groups in total. The predicted octanol–water partition coefficient (Wildman–Crippen LogP) is 1.96. The molecule has 1 amide bonds. The van der Waals surface area contributed by atoms with E-state index in [0.29, 0.717) is 13.1 Å². The first-order valence-electron chi connectivity index (χ1n) is 6.01. The molecule has 0 radical (unpaired) electrons. The van der Waals surface area contributed by atoms with Gasteiger partial charge in [-0.1, -0.05) is 19.1 Å². The van der Waals surface area contributed by atoms with Crippen LogP contribution in [0.1, 0.15) is 12.5 Å². The Kier molecular flexibility index (Phi) is 8.83. The molecule has 114 valence electrons. The van der Waals surface area contributed by atoms with Gasteiger partial charge in [-0.05, 0) is 30.2 Å². The molecule has 0 saturated carbocycles. The molecule has 1 atom stereocenters. The average molecular weight is 309 g/mol. The Hall–Kier alpha value is -1.40. The van der Waals surface area contributed by atoms with Crippen LogP contribution in [0.15, 0.2) is 24.3 Å². The highest BCUT2D eigenvalue weighted by Gasteiger charge is 2.07. The summed E-state index contributed by atoms with van der Waals surface area (Å²) in [5.41, 5.74) is 6.18. The van der Waals surface area contributed by atoms with E-state index in [1.807, 2.05) is 6.92 Å². The van der Waals surface area contributed by atoms with E-state index in [-0.39, 0.29) is 36.4 Å². The number of alkyl halides is 2. The third-order valence-corrected chi connectivity index (χ3v) is 2.56. The zero-order valence-electron chi connectivity index (χ0n) is 11.1. The van der Waals surface area contributed by atoms with Gasteiger partial charge in [0.2, 0.25) is 5.91 Å². The average Bonchev–Trinajstić information content (AvgIpc) is 2.37. The summed E-state index contributed by atoms with van der Waals surface area (Å²) in [6.45, 7) is 0.144. The van der Waals surface area contributed by atoms with Gasteiger partial charge in [-0.15, -0.1) is 12.4 Å². The van der Waals surface area contributed by atoms with Crippen LogP contribution in [-0.4, -0.2) is 25.6 Å². The Balaban J connectivity index is 0.00000361. The van der Waals surface area contributed by atoms with Crippen LogP contribution in [0.2, 0.25) is 0 Å². The molecule has 0 aliphatic rings. The number of rotatable bonds is 7. The third-order valence-electron chi connectivity index (χ3n) is 2.56. The highest BCUT2D eigenvalue weighted by atomic mass is 35.5. The van der Waals surface area contributed by atoms with Crippen LogP contribution in [-0.2, 0) is 11.2 Å². The summed E-state index contributed by atoms with van der Waals surface area (Å²) in [5, 5.41) is 2.76. The number of nitrogens with one attached hydrogen (secondary N) is 1. The first kappa shape index (κ1) is 18.6. The van der Waals surface area contributed by atoms with Gasteiger partial charge in [-0.2, -0.15) is 8.78 Å². The second kappa shape index (κ2) is 9.50. The van der Waals surface area contributed by atoms with Crippen molar-refractivity contribution in [3.05, 3.63) is 29.8 Å². The number of nitrogens with two attached hydrogens (primary N) is 1. The largest absolute Gasteiger partial charge is 0.435 e. The maximum Gasteiger partial charge on any atom is 0.387 e. The maximum atomic E-state index is 11.9. The lowest BCUT2D eigenvalue weighted by Crippen LogP contribution is -2.32. The topological polar surface area (TPSA) is 64.3 Å². The Morgan fingerprint density at radius 2 is 1.95 bits per heavy atom. The fraction of sp³-hybridized carbons (Fsp3) is 0.462. The molecule has 0 bridgehead atoms. The van der Waals surface area contributed by atoms with Gasteiger partial charge in [0, 0.05) is 6.54 Å². The van der Waals surface area contributed by atoms with Crippen LogP contribution in [0, 0.1) is 5.92 Å². The molecular weight excluding hydrogens is 290 g/mol. The number of hydrogen-bond donors (Lipinski definition) is 2. The van der Waals surface area contributed by atoms with Gasteiger partial charge in [0.05, 0.1) is 6.42 Å². The van der Waals surface area contributed by atoms with E-state index in [0.717, 1.165) is 5.56 Å². The quantitative estimate of drug-likeness (QED) is 0.809. The van der Waals surface area contributed by atoms with Gasteiger partial charge in [0.1, 0.15) is 5.75 Å². The van der Waals surface area contributed by atoms with E-state index in [2.05, 4.69) is 10.1 Å². The van der Waals surface area contributed by atoms with Crippen molar-refractivity contribution in [1.29, 1.82) is 0 Å². The molecule has 0 fully saturated rings. The number of ether oxygens (including phenoxy) is 1. The van der Waals surface area contributed by atoms with E-state index < -0.39 is 6.61 Å². The molecule has 0 aliphatic carbocycles. The van der Waals surface area contributed by atoms with E-state index in [1.54, 1.807) is 12.1 Å². The molecule has 1 aromatic carbocycles. The standard InChI is InChI=1S/C13H18F2N2O2.ClH/c1-9(7-16)8-17-12(18)6-10-2-4-11(5-3-10)19-13(14)15;/h2-5,9,13H,6-8,16H2,1H3,(H,17,18);1H. The first-order chi connectivity index (χ1) is 9.01. The van der Waals surface area contributed by atoms with Gasteiger partial charge in [-0.3, -0.25) is 4.79 Å². The van der Waals surface area contributed by atoms with Crippen LogP contribution in [0.4, 0.5) is 8.78 Å². The minimum atomic E-state index is -2.84. The second-order valence-corrected chi connectivity index (χ2v) is 4.34. The van der Waals surface area contributed by atoms with Gasteiger partial charge in [0.15, 0.2) is 0 Å². The molecule has 4 nitrogen and oxygen atoms in total. The molecule has 0 saturated heterocycles. The monoisotopic (exact) mass is 308 g/mol. The van der Waals surface area contributed by atoms with Crippen LogP contribution < -0.4 is 15.8 Å². The van der Waals surface area contributed by atoms with Gasteiger partial charge in [0.25, 0.3) is 0 Å². The van der Waals surface area contributed by atoms with E-state index in [9.17, 15) is 13.6 Å². The van der Waals surface area contributed by atoms with Gasteiger partial charge in [-0.25, -0.2) is 0 Å². The molecule has 0 aromatic heterocycles. The van der Waals surface area contributed by atoms with Crippen LogP contribution in [0.25, 0.3) is 0 Å². The minimum absolute atomic E-state index is 0. The molecule has 1 aromatic rings. The number of amides is 1. The zero-order chi connectivity index (χ0) is 14.3. The van der Waals surface area contributed by atoms with Crippen molar-refractivity contribution in [3.63, 3.8) is 0 Å². The SMILES string of the molecule is CC(CN)CNC(=O)Cc1ccc(OC(F)F)cc1.Cl. The van der Waals surface area contributed by atoms with Crippen LogP contribution in [0.5, 0.6) is 5.75 Å². The van der Waals surface area contributed by atoms with Crippen molar-refractivity contribution in [3.8, 4) is 5.75 Å².